The maximum Gasteiger partial charge on any atom is 0.275 e. The van der Waals surface area contributed by atoms with E-state index >= 15 is 0 Å². The average Bonchev–Trinajstić information content (AvgIpc) is 2.66. The van der Waals surface area contributed by atoms with Gasteiger partial charge in [-0.1, -0.05) is 25.4 Å². The molecule has 7 nitrogen and oxygen atoms in total. The van der Waals surface area contributed by atoms with Crippen LogP contribution >= 0.6 is 11.6 Å². The fraction of sp³-hybridized carbons (Fsp3) is 0.400. The molecular weight excluding hydrogens is 397 g/mol. The molecule has 9 heteroatoms. The van der Waals surface area contributed by atoms with E-state index in [9.17, 15) is 14.0 Å². The molecule has 1 aliphatic heterocycles. The van der Waals surface area contributed by atoms with Gasteiger partial charge in [0.2, 0.25) is 5.91 Å². The van der Waals surface area contributed by atoms with Crippen molar-refractivity contribution in [3.8, 4) is 0 Å². The monoisotopic (exact) mass is 419 g/mol. The number of nitrogens with one attached hydrogen (secondary N) is 2. The molecule has 2 heterocycles. The number of aromatic nitrogens is 2. The quantitative estimate of drug-likeness (QED) is 0.792. The van der Waals surface area contributed by atoms with Crippen molar-refractivity contribution in [3.05, 3.63) is 46.6 Å². The number of rotatable bonds is 4. The van der Waals surface area contributed by atoms with Gasteiger partial charge in [0.15, 0.2) is 5.82 Å². The van der Waals surface area contributed by atoms with Crippen LogP contribution in [0.15, 0.2) is 24.4 Å². The summed E-state index contributed by atoms with van der Waals surface area (Å²) >= 11 is 5.73. The molecule has 0 atom stereocenters. The zero-order valence-electron chi connectivity index (χ0n) is 16.7. The average molecular weight is 420 g/mol. The van der Waals surface area contributed by atoms with E-state index in [1.54, 1.807) is 19.9 Å². The summed E-state index contributed by atoms with van der Waals surface area (Å²) in [4.78, 5) is 35.6. The first-order valence-electron chi connectivity index (χ1n) is 9.30. The van der Waals surface area contributed by atoms with Crippen molar-refractivity contribution in [1.82, 2.24) is 20.2 Å². The Labute approximate surface area is 173 Å². The fourth-order valence-electron chi connectivity index (χ4n) is 3.11. The van der Waals surface area contributed by atoms with Gasteiger partial charge in [-0.05, 0) is 38.0 Å². The van der Waals surface area contributed by atoms with E-state index in [4.69, 9.17) is 11.6 Å². The minimum atomic E-state index is -0.979. The Morgan fingerprint density at radius 1 is 1.38 bits per heavy atom. The van der Waals surface area contributed by atoms with Gasteiger partial charge in [-0.15, -0.1) is 0 Å². The molecule has 2 aromatic rings. The maximum atomic E-state index is 13.7. The Hall–Kier alpha value is -2.74. The zero-order chi connectivity index (χ0) is 21.3. The van der Waals surface area contributed by atoms with Gasteiger partial charge in [-0.2, -0.15) is 0 Å². The van der Waals surface area contributed by atoms with Crippen LogP contribution in [0.5, 0.6) is 0 Å². The predicted octanol–water partition coefficient (Wildman–Crippen LogP) is 3.49. The SMILES string of the molecule is CC(C)c1nc(C(=O)N2CCNC(=O)C2(C)C)cnc1Nc1ccc(Cl)c(F)c1. The van der Waals surface area contributed by atoms with Crippen LogP contribution in [0.1, 0.15) is 49.8 Å². The van der Waals surface area contributed by atoms with Gasteiger partial charge < -0.3 is 15.5 Å². The number of carbonyl (C=O) groups is 2. The Morgan fingerprint density at radius 2 is 2.10 bits per heavy atom. The highest BCUT2D eigenvalue weighted by molar-refractivity contribution is 6.30. The molecule has 0 unspecified atom stereocenters. The van der Waals surface area contributed by atoms with Gasteiger partial charge >= 0.3 is 0 Å². The lowest BCUT2D eigenvalue weighted by molar-refractivity contribution is -0.133. The lowest BCUT2D eigenvalue weighted by Crippen LogP contribution is -2.63. The maximum absolute atomic E-state index is 13.7. The summed E-state index contributed by atoms with van der Waals surface area (Å²) in [5.74, 6) is -0.741. The molecule has 0 saturated carbocycles. The van der Waals surface area contributed by atoms with Crippen molar-refractivity contribution in [2.24, 2.45) is 0 Å². The van der Waals surface area contributed by atoms with Gasteiger partial charge in [-0.25, -0.2) is 14.4 Å². The number of nitrogens with zero attached hydrogens (tertiary/aromatic N) is 3. The van der Waals surface area contributed by atoms with E-state index in [-0.39, 0.29) is 28.4 Å². The predicted molar refractivity (Wildman–Crippen MR) is 109 cm³/mol. The van der Waals surface area contributed by atoms with Crippen LogP contribution in [0.4, 0.5) is 15.9 Å². The van der Waals surface area contributed by atoms with E-state index in [0.717, 1.165) is 0 Å². The topological polar surface area (TPSA) is 87.2 Å². The molecule has 29 heavy (non-hydrogen) atoms. The first kappa shape index (κ1) is 21.0. The number of anilines is 2. The van der Waals surface area contributed by atoms with Crippen molar-refractivity contribution in [3.63, 3.8) is 0 Å². The number of carbonyl (C=O) groups excluding carboxylic acids is 2. The van der Waals surface area contributed by atoms with Crippen molar-refractivity contribution in [2.75, 3.05) is 18.4 Å². The Kier molecular flexibility index (Phi) is 5.75. The number of halogens is 2. The molecule has 1 saturated heterocycles. The summed E-state index contributed by atoms with van der Waals surface area (Å²) < 4.78 is 13.7. The third-order valence-electron chi connectivity index (χ3n) is 4.84. The normalized spacial score (nSPS) is 16.0. The molecule has 154 valence electrons. The Morgan fingerprint density at radius 3 is 2.76 bits per heavy atom. The highest BCUT2D eigenvalue weighted by atomic mass is 35.5. The van der Waals surface area contributed by atoms with Gasteiger partial charge in [0.25, 0.3) is 5.91 Å². The molecule has 0 aliphatic carbocycles. The summed E-state index contributed by atoms with van der Waals surface area (Å²) in [6.07, 6.45) is 1.37. The van der Waals surface area contributed by atoms with Crippen LogP contribution in [-0.2, 0) is 4.79 Å². The second-order valence-corrected chi connectivity index (χ2v) is 8.08. The number of benzene rings is 1. The second-order valence-electron chi connectivity index (χ2n) is 7.67. The van der Waals surface area contributed by atoms with Crippen LogP contribution in [0.25, 0.3) is 0 Å². The molecule has 0 spiro atoms. The molecule has 3 rings (SSSR count). The summed E-state index contributed by atoms with van der Waals surface area (Å²) in [5.41, 5.74) is 0.207. The van der Waals surface area contributed by atoms with Crippen LogP contribution in [-0.4, -0.2) is 45.3 Å². The van der Waals surface area contributed by atoms with E-state index in [1.807, 2.05) is 13.8 Å². The molecule has 0 radical (unpaired) electrons. The van der Waals surface area contributed by atoms with Crippen LogP contribution in [0, 0.1) is 5.82 Å². The summed E-state index contributed by atoms with van der Waals surface area (Å²) in [5, 5.41) is 5.82. The first-order chi connectivity index (χ1) is 13.6. The second kappa shape index (κ2) is 7.94. The minimum absolute atomic E-state index is 0.0276. The summed E-state index contributed by atoms with van der Waals surface area (Å²) in [6.45, 7) is 8.01. The summed E-state index contributed by atoms with van der Waals surface area (Å²) in [7, 11) is 0. The Bertz CT molecular complexity index is 964. The third-order valence-corrected chi connectivity index (χ3v) is 5.15. The first-order valence-corrected chi connectivity index (χ1v) is 9.68. The molecule has 0 bridgehead atoms. The fourth-order valence-corrected chi connectivity index (χ4v) is 3.23. The van der Waals surface area contributed by atoms with Crippen LogP contribution in [0.2, 0.25) is 5.02 Å². The molecule has 1 aromatic heterocycles. The molecule has 1 aliphatic rings. The molecule has 2 N–H and O–H groups in total. The van der Waals surface area contributed by atoms with E-state index in [2.05, 4.69) is 20.6 Å². The number of amides is 2. The summed E-state index contributed by atoms with van der Waals surface area (Å²) in [6, 6.07) is 4.34. The van der Waals surface area contributed by atoms with Gasteiger partial charge in [0, 0.05) is 18.8 Å². The molecular formula is C20H23ClFN5O2. The van der Waals surface area contributed by atoms with Crippen molar-refractivity contribution < 1.29 is 14.0 Å². The van der Waals surface area contributed by atoms with E-state index in [0.29, 0.717) is 30.3 Å². The third kappa shape index (κ3) is 4.17. The van der Waals surface area contributed by atoms with Crippen LogP contribution < -0.4 is 10.6 Å². The number of piperazine rings is 1. The molecule has 1 aromatic carbocycles. The van der Waals surface area contributed by atoms with Crippen molar-refractivity contribution in [2.45, 2.75) is 39.2 Å². The standard InChI is InChI=1S/C20H23ClFN5O2/c1-11(2)16-17(25-12-5-6-13(21)14(22)9-12)24-10-15(26-16)18(28)27-8-7-23-19(29)20(27,3)4/h5-6,9-11H,7-8H2,1-4H3,(H,23,29)(H,24,25). The van der Waals surface area contributed by atoms with Gasteiger partial charge in [0.1, 0.15) is 17.1 Å². The van der Waals surface area contributed by atoms with Crippen molar-refractivity contribution >= 4 is 34.9 Å². The lowest BCUT2D eigenvalue weighted by Gasteiger charge is -2.40. The zero-order valence-corrected chi connectivity index (χ0v) is 17.5. The molecule has 2 amide bonds. The number of hydrogen-bond acceptors (Lipinski definition) is 5. The lowest BCUT2D eigenvalue weighted by atomic mass is 9.98. The highest BCUT2D eigenvalue weighted by Crippen LogP contribution is 2.27. The highest BCUT2D eigenvalue weighted by Gasteiger charge is 2.41. The van der Waals surface area contributed by atoms with Gasteiger partial charge in [-0.3, -0.25) is 9.59 Å². The number of hydrogen-bond donors (Lipinski definition) is 2. The largest absolute Gasteiger partial charge is 0.352 e. The van der Waals surface area contributed by atoms with Crippen molar-refractivity contribution in [1.29, 1.82) is 0 Å². The van der Waals surface area contributed by atoms with Gasteiger partial charge in [0.05, 0.1) is 16.9 Å². The molecule has 1 fully saturated rings. The minimum Gasteiger partial charge on any atom is -0.352 e. The van der Waals surface area contributed by atoms with Crippen LogP contribution in [0.3, 0.4) is 0 Å². The Balaban J connectivity index is 1.92. The van der Waals surface area contributed by atoms with E-state index in [1.165, 1.54) is 23.2 Å². The smallest absolute Gasteiger partial charge is 0.275 e. The van der Waals surface area contributed by atoms with E-state index < -0.39 is 11.4 Å².